The first-order valence-corrected chi connectivity index (χ1v) is 6.82. The fourth-order valence-corrected chi connectivity index (χ4v) is 1.81. The van der Waals surface area contributed by atoms with E-state index in [2.05, 4.69) is 15.3 Å². The molecule has 0 bridgehead atoms. The zero-order valence-corrected chi connectivity index (χ0v) is 12.5. The van der Waals surface area contributed by atoms with E-state index < -0.39 is 6.04 Å². The molecule has 1 amide bonds. The van der Waals surface area contributed by atoms with Gasteiger partial charge in [-0.3, -0.25) is 4.79 Å². The van der Waals surface area contributed by atoms with Crippen molar-refractivity contribution in [2.24, 2.45) is 5.73 Å². The van der Waals surface area contributed by atoms with Gasteiger partial charge in [0.1, 0.15) is 11.9 Å². The second-order valence-electron chi connectivity index (χ2n) is 5.92. The van der Waals surface area contributed by atoms with E-state index >= 15 is 0 Å². The Hall–Kier alpha value is -2.27. The van der Waals surface area contributed by atoms with Crippen molar-refractivity contribution in [3.8, 4) is 0 Å². The Balaban J connectivity index is 2.06. The second kappa shape index (κ2) is 6.01. The molecule has 2 aromatic rings. The van der Waals surface area contributed by atoms with Crippen LogP contribution in [0.4, 0.5) is 5.69 Å². The van der Waals surface area contributed by atoms with Crippen LogP contribution < -0.4 is 11.1 Å². The van der Waals surface area contributed by atoms with Crippen molar-refractivity contribution < 1.29 is 4.79 Å². The highest BCUT2D eigenvalue weighted by Crippen LogP contribution is 2.18. The summed E-state index contributed by atoms with van der Waals surface area (Å²) in [6, 6.07) is 8.52. The fraction of sp³-hybridized carbons (Fsp3) is 0.312. The van der Waals surface area contributed by atoms with Crippen LogP contribution in [0.15, 0.2) is 42.7 Å². The smallest absolute Gasteiger partial charge is 0.245 e. The zero-order chi connectivity index (χ0) is 15.5. The van der Waals surface area contributed by atoms with E-state index in [0.29, 0.717) is 5.69 Å². The molecule has 1 unspecified atom stereocenters. The number of nitrogens with one attached hydrogen (secondary N) is 1. The number of hydrogen-bond donors (Lipinski definition) is 2. The quantitative estimate of drug-likeness (QED) is 0.907. The van der Waals surface area contributed by atoms with E-state index in [1.807, 2.05) is 51.1 Å². The van der Waals surface area contributed by atoms with Crippen LogP contribution >= 0.6 is 0 Å². The van der Waals surface area contributed by atoms with Gasteiger partial charge in [-0.1, -0.05) is 51.1 Å². The molecule has 21 heavy (non-hydrogen) atoms. The molecule has 0 saturated carbocycles. The topological polar surface area (TPSA) is 80.9 Å². The molecule has 110 valence electrons. The third kappa shape index (κ3) is 3.86. The standard InChI is InChI=1S/C16H20N4O/c1-16(2,3)15-18-9-12(10-19-15)20-14(21)13(17)11-7-5-4-6-8-11/h4-10,13H,17H2,1-3H3,(H,20,21). The highest BCUT2D eigenvalue weighted by atomic mass is 16.2. The summed E-state index contributed by atoms with van der Waals surface area (Å²) in [4.78, 5) is 20.6. The number of nitrogens with zero attached hydrogens (tertiary/aromatic N) is 2. The molecular weight excluding hydrogens is 264 g/mol. The van der Waals surface area contributed by atoms with Crippen molar-refractivity contribution in [2.75, 3.05) is 5.32 Å². The number of hydrogen-bond acceptors (Lipinski definition) is 4. The minimum absolute atomic E-state index is 0.122. The van der Waals surface area contributed by atoms with E-state index in [1.165, 1.54) is 0 Å². The first kappa shape index (κ1) is 15.1. The van der Waals surface area contributed by atoms with E-state index in [1.54, 1.807) is 12.4 Å². The molecule has 0 spiro atoms. The summed E-state index contributed by atoms with van der Waals surface area (Å²) >= 11 is 0. The van der Waals surface area contributed by atoms with Crippen molar-refractivity contribution in [1.29, 1.82) is 0 Å². The van der Waals surface area contributed by atoms with Gasteiger partial charge in [-0.2, -0.15) is 0 Å². The first-order valence-electron chi connectivity index (χ1n) is 6.82. The predicted octanol–water partition coefficient (Wildman–Crippen LogP) is 2.41. The molecule has 5 nitrogen and oxygen atoms in total. The molecule has 1 aromatic carbocycles. The van der Waals surface area contributed by atoms with Gasteiger partial charge in [0.2, 0.25) is 5.91 Å². The molecule has 0 saturated heterocycles. The molecule has 2 rings (SSSR count). The molecule has 0 aliphatic heterocycles. The molecule has 0 aliphatic rings. The van der Waals surface area contributed by atoms with Gasteiger partial charge in [-0.05, 0) is 5.56 Å². The maximum absolute atomic E-state index is 12.1. The average Bonchev–Trinajstić information content (AvgIpc) is 2.47. The van der Waals surface area contributed by atoms with E-state index in [4.69, 9.17) is 5.73 Å². The summed E-state index contributed by atoms with van der Waals surface area (Å²) in [5.41, 5.74) is 7.12. The Morgan fingerprint density at radius 3 is 2.24 bits per heavy atom. The lowest BCUT2D eigenvalue weighted by Gasteiger charge is -2.17. The number of amides is 1. The van der Waals surface area contributed by atoms with Gasteiger partial charge < -0.3 is 11.1 Å². The van der Waals surface area contributed by atoms with Crippen LogP contribution in [0.25, 0.3) is 0 Å². The maximum Gasteiger partial charge on any atom is 0.245 e. The number of nitrogens with two attached hydrogens (primary N) is 1. The highest BCUT2D eigenvalue weighted by Gasteiger charge is 2.18. The molecule has 1 aromatic heterocycles. The number of carbonyl (C=O) groups excluding carboxylic acids is 1. The molecule has 0 aliphatic carbocycles. The Morgan fingerprint density at radius 1 is 1.14 bits per heavy atom. The lowest BCUT2D eigenvalue weighted by atomic mass is 9.96. The summed E-state index contributed by atoms with van der Waals surface area (Å²) in [6.07, 6.45) is 3.20. The molecule has 5 heteroatoms. The van der Waals surface area contributed by atoms with Gasteiger partial charge in [0.15, 0.2) is 0 Å². The predicted molar refractivity (Wildman–Crippen MR) is 82.7 cm³/mol. The van der Waals surface area contributed by atoms with Crippen LogP contribution in [0.5, 0.6) is 0 Å². The maximum atomic E-state index is 12.1. The second-order valence-corrected chi connectivity index (χ2v) is 5.92. The summed E-state index contributed by atoms with van der Waals surface area (Å²) in [7, 11) is 0. The largest absolute Gasteiger partial charge is 0.322 e. The number of carbonyl (C=O) groups is 1. The molecule has 1 heterocycles. The zero-order valence-electron chi connectivity index (χ0n) is 12.5. The van der Waals surface area contributed by atoms with Crippen LogP contribution in [0.2, 0.25) is 0 Å². The van der Waals surface area contributed by atoms with Crippen LogP contribution in [0, 0.1) is 0 Å². The van der Waals surface area contributed by atoms with E-state index in [-0.39, 0.29) is 11.3 Å². The lowest BCUT2D eigenvalue weighted by molar-refractivity contribution is -0.117. The van der Waals surface area contributed by atoms with E-state index in [0.717, 1.165) is 11.4 Å². The minimum atomic E-state index is -0.714. The van der Waals surface area contributed by atoms with Crippen LogP contribution in [0.3, 0.4) is 0 Å². The van der Waals surface area contributed by atoms with E-state index in [9.17, 15) is 4.79 Å². The number of aromatic nitrogens is 2. The molecule has 3 N–H and O–H groups in total. The summed E-state index contributed by atoms with van der Waals surface area (Å²) in [5, 5.41) is 2.73. The average molecular weight is 284 g/mol. The molecule has 0 fully saturated rings. The Bertz CT molecular complexity index is 602. The summed E-state index contributed by atoms with van der Waals surface area (Å²) in [5.74, 6) is 0.446. The third-order valence-corrected chi connectivity index (χ3v) is 3.03. The number of benzene rings is 1. The highest BCUT2D eigenvalue weighted by molar-refractivity contribution is 5.95. The van der Waals surface area contributed by atoms with Gasteiger partial charge in [-0.25, -0.2) is 9.97 Å². The van der Waals surface area contributed by atoms with Crippen molar-refractivity contribution >= 4 is 11.6 Å². The molecular formula is C16H20N4O. The van der Waals surface area contributed by atoms with Crippen LogP contribution in [-0.2, 0) is 10.2 Å². The number of anilines is 1. The minimum Gasteiger partial charge on any atom is -0.322 e. The van der Waals surface area contributed by atoms with Crippen molar-refractivity contribution in [2.45, 2.75) is 32.2 Å². The summed E-state index contributed by atoms with van der Waals surface area (Å²) in [6.45, 7) is 6.10. The molecule has 1 atom stereocenters. The lowest BCUT2D eigenvalue weighted by Crippen LogP contribution is -2.28. The van der Waals surface area contributed by atoms with Gasteiger partial charge in [0.25, 0.3) is 0 Å². The SMILES string of the molecule is CC(C)(C)c1ncc(NC(=O)C(N)c2ccccc2)cn1. The van der Waals surface area contributed by atoms with Crippen LogP contribution in [0.1, 0.15) is 38.2 Å². The van der Waals surface area contributed by atoms with Gasteiger partial charge in [0, 0.05) is 5.41 Å². The van der Waals surface area contributed by atoms with Crippen LogP contribution in [-0.4, -0.2) is 15.9 Å². The Morgan fingerprint density at radius 2 is 1.71 bits per heavy atom. The monoisotopic (exact) mass is 284 g/mol. The van der Waals surface area contributed by atoms with Gasteiger partial charge >= 0.3 is 0 Å². The Kier molecular flexibility index (Phi) is 4.33. The number of rotatable bonds is 3. The normalized spacial score (nSPS) is 12.8. The van der Waals surface area contributed by atoms with Gasteiger partial charge in [0.05, 0.1) is 18.1 Å². The Labute approximate surface area is 124 Å². The summed E-state index contributed by atoms with van der Waals surface area (Å²) < 4.78 is 0. The van der Waals surface area contributed by atoms with Crippen molar-refractivity contribution in [3.63, 3.8) is 0 Å². The van der Waals surface area contributed by atoms with Gasteiger partial charge in [-0.15, -0.1) is 0 Å². The first-order chi connectivity index (χ1) is 9.88. The molecule has 0 radical (unpaired) electrons. The third-order valence-electron chi connectivity index (χ3n) is 3.03. The fourth-order valence-electron chi connectivity index (χ4n) is 1.81. The van der Waals surface area contributed by atoms with Crippen molar-refractivity contribution in [1.82, 2.24) is 9.97 Å². The van der Waals surface area contributed by atoms with Crippen molar-refractivity contribution in [3.05, 3.63) is 54.1 Å².